The lowest BCUT2D eigenvalue weighted by molar-refractivity contribution is -0.00352. The Kier molecular flexibility index (Phi) is 2.90. The summed E-state index contributed by atoms with van der Waals surface area (Å²) in [6, 6.07) is 1.48. The van der Waals surface area contributed by atoms with E-state index >= 15 is 0 Å². The van der Waals surface area contributed by atoms with E-state index in [0.717, 1.165) is 0 Å². The quantitative estimate of drug-likeness (QED) is 0.569. The first-order valence-electron chi connectivity index (χ1n) is 5.25. The maximum atomic E-state index is 11.7. The van der Waals surface area contributed by atoms with Crippen LogP contribution in [0.2, 0.25) is 0 Å². The lowest BCUT2D eigenvalue weighted by atomic mass is 9.94. The maximum Gasteiger partial charge on any atom is 0.350 e. The Balaban J connectivity index is 2.42. The molecule has 1 aromatic heterocycles. The van der Waals surface area contributed by atoms with E-state index < -0.39 is 23.4 Å². The first-order chi connectivity index (χ1) is 7.99. The van der Waals surface area contributed by atoms with Gasteiger partial charge in [0.15, 0.2) is 0 Å². The molecule has 0 amide bonds. The minimum absolute atomic E-state index is 0.127. The number of aliphatic hydroxyl groups is 2. The molecule has 0 spiro atoms. The van der Waals surface area contributed by atoms with Gasteiger partial charge in [-0.25, -0.2) is 4.79 Å². The summed E-state index contributed by atoms with van der Waals surface area (Å²) in [4.78, 5) is 15.3. The van der Waals surface area contributed by atoms with E-state index in [0.29, 0.717) is 0 Å². The van der Waals surface area contributed by atoms with Crippen LogP contribution in [-0.2, 0) is 10.3 Å². The highest BCUT2D eigenvalue weighted by atomic mass is 16.5. The number of nitrogens with two attached hydrogens (primary N) is 1. The number of rotatable bonds is 2. The van der Waals surface area contributed by atoms with Crippen LogP contribution in [0.5, 0.6) is 0 Å². The third-order valence-electron chi connectivity index (χ3n) is 3.13. The van der Waals surface area contributed by atoms with E-state index in [-0.39, 0.29) is 19.0 Å². The van der Waals surface area contributed by atoms with E-state index in [1.807, 2.05) is 0 Å². The van der Waals surface area contributed by atoms with Crippen LogP contribution < -0.4 is 11.4 Å². The summed E-state index contributed by atoms with van der Waals surface area (Å²) in [6.07, 6.45) is -0.197. The van der Waals surface area contributed by atoms with Crippen molar-refractivity contribution in [2.24, 2.45) is 0 Å². The van der Waals surface area contributed by atoms with Crippen molar-refractivity contribution in [2.75, 3.05) is 18.9 Å². The molecule has 1 fully saturated rings. The second-order valence-corrected chi connectivity index (χ2v) is 4.34. The average Bonchev–Trinajstić information content (AvgIpc) is 2.56. The summed E-state index contributed by atoms with van der Waals surface area (Å²) in [5.74, 6) is 0.127. The molecule has 0 aromatic carbocycles. The summed E-state index contributed by atoms with van der Waals surface area (Å²) >= 11 is 0. The smallest absolute Gasteiger partial charge is 0.350 e. The van der Waals surface area contributed by atoms with Gasteiger partial charge in [0.2, 0.25) is 0 Å². The number of ether oxygens (including phenoxy) is 1. The third-order valence-corrected chi connectivity index (χ3v) is 3.13. The van der Waals surface area contributed by atoms with Crippen LogP contribution in [0.25, 0.3) is 0 Å². The molecule has 2 heterocycles. The van der Waals surface area contributed by atoms with E-state index in [1.54, 1.807) is 6.92 Å². The lowest BCUT2D eigenvalue weighted by Gasteiger charge is -2.29. The zero-order chi connectivity index (χ0) is 12.6. The Morgan fingerprint density at radius 3 is 3.00 bits per heavy atom. The molecule has 1 aliphatic heterocycles. The van der Waals surface area contributed by atoms with E-state index in [2.05, 4.69) is 4.98 Å². The highest BCUT2D eigenvalue weighted by molar-refractivity contribution is 5.24. The number of anilines is 1. The van der Waals surface area contributed by atoms with Crippen molar-refractivity contribution in [3.05, 3.63) is 22.7 Å². The molecule has 1 aliphatic rings. The average molecular weight is 241 g/mol. The molecule has 7 nitrogen and oxygen atoms in total. The van der Waals surface area contributed by atoms with E-state index in [1.165, 1.54) is 16.8 Å². The number of aliphatic hydroxyl groups excluding tert-OH is 2. The van der Waals surface area contributed by atoms with Gasteiger partial charge in [0, 0.05) is 6.20 Å². The number of nitrogen functional groups attached to an aromatic ring is 1. The van der Waals surface area contributed by atoms with Gasteiger partial charge in [0.05, 0.1) is 18.8 Å². The number of hydrogen-bond acceptors (Lipinski definition) is 6. The van der Waals surface area contributed by atoms with Gasteiger partial charge < -0.3 is 20.7 Å². The zero-order valence-corrected chi connectivity index (χ0v) is 9.41. The second-order valence-electron chi connectivity index (χ2n) is 4.34. The molecule has 0 radical (unpaired) electrons. The van der Waals surface area contributed by atoms with Crippen molar-refractivity contribution in [2.45, 2.75) is 24.7 Å². The van der Waals surface area contributed by atoms with Crippen molar-refractivity contribution in [3.63, 3.8) is 0 Å². The van der Waals surface area contributed by atoms with Crippen molar-refractivity contribution in [1.29, 1.82) is 0 Å². The number of nitrogens with zero attached hydrogens (tertiary/aromatic N) is 2. The largest absolute Gasteiger partial charge is 0.394 e. The lowest BCUT2D eigenvalue weighted by Crippen LogP contribution is -2.49. The molecule has 0 saturated carbocycles. The summed E-state index contributed by atoms with van der Waals surface area (Å²) in [7, 11) is 0. The van der Waals surface area contributed by atoms with Crippen LogP contribution in [0.4, 0.5) is 5.82 Å². The van der Waals surface area contributed by atoms with Crippen molar-refractivity contribution < 1.29 is 14.9 Å². The fourth-order valence-electron chi connectivity index (χ4n) is 2.02. The second kappa shape index (κ2) is 4.10. The monoisotopic (exact) mass is 241 g/mol. The van der Waals surface area contributed by atoms with Gasteiger partial charge in [-0.1, -0.05) is 0 Å². The van der Waals surface area contributed by atoms with Crippen LogP contribution in [0.15, 0.2) is 17.1 Å². The van der Waals surface area contributed by atoms with Crippen LogP contribution >= 0.6 is 0 Å². The van der Waals surface area contributed by atoms with Gasteiger partial charge in [0.25, 0.3) is 0 Å². The molecular formula is C10H15N3O4. The van der Waals surface area contributed by atoms with Crippen molar-refractivity contribution >= 4 is 5.82 Å². The Hall–Kier alpha value is -1.44. The Morgan fingerprint density at radius 2 is 2.47 bits per heavy atom. The fraction of sp³-hybridized carbons (Fsp3) is 0.600. The molecule has 94 valence electrons. The number of aromatic nitrogens is 2. The van der Waals surface area contributed by atoms with Gasteiger partial charge in [-0.2, -0.15) is 4.98 Å². The SMILES string of the molecule is CC1(n2ccc(N)nc2=O)COC(CO)C1O. The van der Waals surface area contributed by atoms with Crippen molar-refractivity contribution in [1.82, 2.24) is 9.55 Å². The molecule has 3 unspecified atom stereocenters. The van der Waals surface area contributed by atoms with Crippen LogP contribution in [0, 0.1) is 0 Å². The molecule has 1 saturated heterocycles. The topological polar surface area (TPSA) is 111 Å². The summed E-state index contributed by atoms with van der Waals surface area (Å²) < 4.78 is 6.53. The van der Waals surface area contributed by atoms with Gasteiger partial charge in [-0.05, 0) is 13.0 Å². The van der Waals surface area contributed by atoms with Gasteiger partial charge in [0.1, 0.15) is 18.0 Å². The summed E-state index contributed by atoms with van der Waals surface area (Å²) in [5, 5.41) is 19.1. The highest BCUT2D eigenvalue weighted by Gasteiger charge is 2.47. The molecule has 3 atom stereocenters. The Morgan fingerprint density at radius 1 is 1.76 bits per heavy atom. The molecule has 4 N–H and O–H groups in total. The minimum Gasteiger partial charge on any atom is -0.394 e. The predicted octanol–water partition coefficient (Wildman–Crippen LogP) is -1.71. The van der Waals surface area contributed by atoms with Gasteiger partial charge in [-0.3, -0.25) is 4.57 Å². The molecule has 7 heteroatoms. The van der Waals surface area contributed by atoms with Gasteiger partial charge >= 0.3 is 5.69 Å². The zero-order valence-electron chi connectivity index (χ0n) is 9.41. The van der Waals surface area contributed by atoms with Crippen LogP contribution in [0.3, 0.4) is 0 Å². The summed E-state index contributed by atoms with van der Waals surface area (Å²) in [5.41, 5.74) is 3.91. The highest BCUT2D eigenvalue weighted by Crippen LogP contribution is 2.30. The Bertz CT molecular complexity index is 475. The molecule has 1 aromatic rings. The molecule has 2 rings (SSSR count). The molecular weight excluding hydrogens is 226 g/mol. The van der Waals surface area contributed by atoms with Crippen molar-refractivity contribution in [3.8, 4) is 0 Å². The molecule has 17 heavy (non-hydrogen) atoms. The summed E-state index contributed by atoms with van der Waals surface area (Å²) in [6.45, 7) is 1.51. The first kappa shape index (κ1) is 12.0. The van der Waals surface area contributed by atoms with E-state index in [9.17, 15) is 9.90 Å². The normalized spacial score (nSPS) is 32.9. The fourth-order valence-corrected chi connectivity index (χ4v) is 2.02. The van der Waals surface area contributed by atoms with E-state index in [4.69, 9.17) is 15.6 Å². The first-order valence-corrected chi connectivity index (χ1v) is 5.25. The molecule has 0 bridgehead atoms. The standard InChI is InChI=1S/C10H15N3O4/c1-10(5-17-6(4-14)8(10)15)13-3-2-7(11)12-9(13)16/h2-3,6,8,14-15H,4-5H2,1H3,(H2,11,12,16). The maximum absolute atomic E-state index is 11.7. The Labute approximate surface area is 97.5 Å². The van der Waals surface area contributed by atoms with Crippen LogP contribution in [0.1, 0.15) is 6.92 Å². The number of hydrogen-bond donors (Lipinski definition) is 3. The van der Waals surface area contributed by atoms with Gasteiger partial charge in [-0.15, -0.1) is 0 Å². The van der Waals surface area contributed by atoms with Crippen LogP contribution in [-0.4, -0.2) is 45.2 Å². The third kappa shape index (κ3) is 1.82. The minimum atomic E-state index is -0.976. The molecule has 0 aliphatic carbocycles. The predicted molar refractivity (Wildman–Crippen MR) is 59.4 cm³/mol.